The second-order valence-electron chi connectivity index (χ2n) is 2.34. The van der Waals surface area contributed by atoms with Crippen LogP contribution in [0.4, 0.5) is 0 Å². The van der Waals surface area contributed by atoms with Gasteiger partial charge in [0.2, 0.25) is 0 Å². The number of carbonyl (C=O) groups excluding carboxylic acids is 1. The van der Waals surface area contributed by atoms with Crippen molar-refractivity contribution in [3.8, 4) is 0 Å². The smallest absolute Gasteiger partial charge is 0.274 e. The van der Waals surface area contributed by atoms with Crippen molar-refractivity contribution in [1.82, 2.24) is 0 Å². The van der Waals surface area contributed by atoms with Gasteiger partial charge in [0.25, 0.3) is 5.12 Å². The average Bonchev–Trinajstić information content (AvgIpc) is 1.99. The lowest BCUT2D eigenvalue weighted by molar-refractivity contribution is -0.109. The zero-order valence-electron chi connectivity index (χ0n) is 7.16. The Kier molecular flexibility index (Phi) is 4.12. The fourth-order valence-corrected chi connectivity index (χ4v) is 1.38. The van der Waals surface area contributed by atoms with Crippen molar-refractivity contribution in [3.63, 3.8) is 0 Å². The first-order chi connectivity index (χ1) is 5.41. The molecule has 4 nitrogen and oxygen atoms in total. The Labute approximate surface area is 72.3 Å². The van der Waals surface area contributed by atoms with Gasteiger partial charge in [-0.3, -0.25) is 8.98 Å². The molecule has 70 valence electrons. The van der Waals surface area contributed by atoms with Crippen molar-refractivity contribution in [1.29, 1.82) is 0 Å². The van der Waals surface area contributed by atoms with Gasteiger partial charge in [-0.1, -0.05) is 13.5 Å². The summed E-state index contributed by atoms with van der Waals surface area (Å²) in [5, 5.41) is -1.05. The second kappa shape index (κ2) is 4.37. The first-order valence-corrected chi connectivity index (χ1v) is 4.92. The standard InChI is InChI=1S/C7H12O4S/c1-4-5-11-12(9,10)7(8)6(2)3/h2,4-5H2,1,3H3. The van der Waals surface area contributed by atoms with E-state index >= 15 is 0 Å². The molecule has 0 aliphatic rings. The van der Waals surface area contributed by atoms with Crippen LogP contribution in [-0.2, 0) is 19.1 Å². The molecular formula is C7H12O4S. The van der Waals surface area contributed by atoms with E-state index in [1.54, 1.807) is 6.92 Å². The summed E-state index contributed by atoms with van der Waals surface area (Å²) in [7, 11) is -4.06. The highest BCUT2D eigenvalue weighted by atomic mass is 32.2. The van der Waals surface area contributed by atoms with Gasteiger partial charge in [0.1, 0.15) is 0 Å². The van der Waals surface area contributed by atoms with E-state index in [2.05, 4.69) is 10.8 Å². The summed E-state index contributed by atoms with van der Waals surface area (Å²) in [6, 6.07) is 0. The minimum absolute atomic E-state index is 0.0291. The predicted molar refractivity (Wildman–Crippen MR) is 45.0 cm³/mol. The van der Waals surface area contributed by atoms with Crippen molar-refractivity contribution in [2.24, 2.45) is 0 Å². The van der Waals surface area contributed by atoms with Crippen molar-refractivity contribution in [2.45, 2.75) is 20.3 Å². The molecule has 0 spiro atoms. The Hall–Kier alpha value is -0.680. The van der Waals surface area contributed by atoms with Gasteiger partial charge in [0, 0.05) is 5.57 Å². The van der Waals surface area contributed by atoms with Crippen LogP contribution in [0.25, 0.3) is 0 Å². The molecule has 5 heteroatoms. The normalized spacial score (nSPS) is 11.2. The maximum absolute atomic E-state index is 10.9. The highest BCUT2D eigenvalue weighted by molar-refractivity contribution is 8.02. The lowest BCUT2D eigenvalue weighted by atomic mass is 10.4. The van der Waals surface area contributed by atoms with Gasteiger partial charge >= 0.3 is 10.1 Å². The van der Waals surface area contributed by atoms with Crippen LogP contribution in [0.15, 0.2) is 12.2 Å². The topological polar surface area (TPSA) is 60.4 Å². The molecule has 0 unspecified atom stereocenters. The number of rotatable bonds is 4. The molecule has 0 radical (unpaired) electrons. The molecule has 0 aliphatic heterocycles. The Bertz CT molecular complexity index is 276. The number of carbonyl (C=O) groups is 1. The van der Waals surface area contributed by atoms with E-state index < -0.39 is 15.2 Å². The zero-order chi connectivity index (χ0) is 9.78. The van der Waals surface area contributed by atoms with Gasteiger partial charge in [-0.2, -0.15) is 8.42 Å². The van der Waals surface area contributed by atoms with Crippen LogP contribution < -0.4 is 0 Å². The molecule has 0 rings (SSSR count). The molecule has 0 atom stereocenters. The maximum atomic E-state index is 10.9. The largest absolute Gasteiger partial charge is 0.335 e. The van der Waals surface area contributed by atoms with Crippen molar-refractivity contribution in [2.75, 3.05) is 6.61 Å². The molecule has 0 aliphatic carbocycles. The van der Waals surface area contributed by atoms with Crippen LogP contribution in [0.5, 0.6) is 0 Å². The molecule has 0 N–H and O–H groups in total. The molecule has 0 aromatic heterocycles. The lowest BCUT2D eigenvalue weighted by Crippen LogP contribution is -2.18. The Morgan fingerprint density at radius 1 is 1.50 bits per heavy atom. The van der Waals surface area contributed by atoms with E-state index in [9.17, 15) is 13.2 Å². The van der Waals surface area contributed by atoms with Crippen molar-refractivity contribution >= 4 is 15.2 Å². The summed E-state index contributed by atoms with van der Waals surface area (Å²) < 4.78 is 26.2. The summed E-state index contributed by atoms with van der Waals surface area (Å²) in [5.41, 5.74) is -0.0360. The Morgan fingerprint density at radius 3 is 2.33 bits per heavy atom. The first-order valence-electron chi connectivity index (χ1n) is 3.51. The summed E-state index contributed by atoms with van der Waals surface area (Å²) in [5.74, 6) is 0. The van der Waals surface area contributed by atoms with Crippen molar-refractivity contribution in [3.05, 3.63) is 12.2 Å². The predicted octanol–water partition coefficient (Wildman–Crippen LogP) is 0.845. The molecule has 12 heavy (non-hydrogen) atoms. The molecule has 0 saturated heterocycles. The van der Waals surface area contributed by atoms with E-state index in [1.165, 1.54) is 6.92 Å². The highest BCUT2D eigenvalue weighted by Gasteiger charge is 2.22. The third kappa shape index (κ3) is 3.15. The van der Waals surface area contributed by atoms with Crippen LogP contribution in [0.3, 0.4) is 0 Å². The molecule has 0 aromatic rings. The second-order valence-corrected chi connectivity index (χ2v) is 3.86. The Balaban J connectivity index is 4.42. The van der Waals surface area contributed by atoms with Crippen LogP contribution in [0.1, 0.15) is 20.3 Å². The van der Waals surface area contributed by atoms with E-state index in [4.69, 9.17) is 0 Å². The minimum Gasteiger partial charge on any atom is -0.274 e. The van der Waals surface area contributed by atoms with E-state index in [0.717, 1.165) is 0 Å². The summed E-state index contributed by atoms with van der Waals surface area (Å²) in [6.45, 7) is 6.33. The van der Waals surface area contributed by atoms with Gasteiger partial charge in [-0.05, 0) is 13.3 Å². The van der Waals surface area contributed by atoms with Gasteiger partial charge in [-0.15, -0.1) is 0 Å². The Morgan fingerprint density at radius 2 is 2.00 bits per heavy atom. The molecule has 0 aromatic carbocycles. The molecule has 0 bridgehead atoms. The van der Waals surface area contributed by atoms with E-state index in [0.29, 0.717) is 6.42 Å². The lowest BCUT2D eigenvalue weighted by Gasteiger charge is -2.01. The highest BCUT2D eigenvalue weighted by Crippen LogP contribution is 2.03. The average molecular weight is 192 g/mol. The van der Waals surface area contributed by atoms with Crippen LogP contribution in [0, 0.1) is 0 Å². The number of hydrogen-bond donors (Lipinski definition) is 0. The fraction of sp³-hybridized carbons (Fsp3) is 0.571. The third-order valence-electron chi connectivity index (χ3n) is 1.02. The van der Waals surface area contributed by atoms with E-state index in [1.807, 2.05) is 0 Å². The van der Waals surface area contributed by atoms with Gasteiger partial charge < -0.3 is 0 Å². The monoisotopic (exact) mass is 192 g/mol. The third-order valence-corrected chi connectivity index (χ3v) is 2.30. The zero-order valence-corrected chi connectivity index (χ0v) is 7.98. The first kappa shape index (κ1) is 11.3. The molecule has 0 heterocycles. The SMILES string of the molecule is C=C(C)C(=O)S(=O)(=O)OCCC. The van der Waals surface area contributed by atoms with Crippen molar-refractivity contribution < 1.29 is 17.4 Å². The fourth-order valence-electron chi connectivity index (χ4n) is 0.460. The number of hydrogen-bond acceptors (Lipinski definition) is 4. The van der Waals surface area contributed by atoms with Crippen LogP contribution >= 0.6 is 0 Å². The minimum atomic E-state index is -4.06. The van der Waals surface area contributed by atoms with Gasteiger partial charge in [0.15, 0.2) is 0 Å². The summed E-state index contributed by atoms with van der Waals surface area (Å²) in [4.78, 5) is 10.9. The molecule has 0 fully saturated rings. The van der Waals surface area contributed by atoms with Crippen LogP contribution in [-0.4, -0.2) is 20.1 Å². The van der Waals surface area contributed by atoms with Crippen LogP contribution in [0.2, 0.25) is 0 Å². The molecular weight excluding hydrogens is 180 g/mol. The molecule has 0 amide bonds. The van der Waals surface area contributed by atoms with E-state index in [-0.39, 0.29) is 12.2 Å². The van der Waals surface area contributed by atoms with Gasteiger partial charge in [0.05, 0.1) is 6.61 Å². The summed E-state index contributed by atoms with van der Waals surface area (Å²) >= 11 is 0. The van der Waals surface area contributed by atoms with Gasteiger partial charge in [-0.25, -0.2) is 0 Å². The molecule has 0 saturated carbocycles. The quantitative estimate of drug-likeness (QED) is 0.489. The maximum Gasteiger partial charge on any atom is 0.335 e. The summed E-state index contributed by atoms with van der Waals surface area (Å²) in [6.07, 6.45) is 0.544.